The molecule has 0 bridgehead atoms. The van der Waals surface area contributed by atoms with Gasteiger partial charge in [-0.3, -0.25) is 4.98 Å². The smallest absolute Gasteiger partial charge is 0.122 e. The Balaban J connectivity index is 2.13. The molecule has 3 nitrogen and oxygen atoms in total. The third-order valence-corrected chi connectivity index (χ3v) is 3.67. The second kappa shape index (κ2) is 10.1. The van der Waals surface area contributed by atoms with E-state index in [1.807, 2.05) is 30.8 Å². The fourth-order valence-corrected chi connectivity index (χ4v) is 2.47. The summed E-state index contributed by atoms with van der Waals surface area (Å²) in [6.07, 6.45) is 7.43. The number of nitrogens with one attached hydrogen (secondary N) is 1. The molecule has 1 aromatic heterocycles. The fraction of sp³-hybridized carbons (Fsp3) is 0.667. The predicted molar refractivity (Wildman–Crippen MR) is 84.1 cm³/mol. The third kappa shape index (κ3) is 7.43. The summed E-state index contributed by atoms with van der Waals surface area (Å²) >= 11 is 1.94. The van der Waals surface area contributed by atoms with Crippen LogP contribution < -0.4 is 10.1 Å². The van der Waals surface area contributed by atoms with Crippen LogP contribution in [0.1, 0.15) is 37.1 Å². The molecule has 0 aliphatic carbocycles. The second-order valence-electron chi connectivity index (χ2n) is 4.72. The predicted octanol–water partition coefficient (Wildman–Crippen LogP) is 3.41. The molecule has 1 aromatic rings. The molecule has 1 heterocycles. The minimum atomic E-state index is 0.822. The molecule has 1 N–H and O–H groups in total. The highest BCUT2D eigenvalue weighted by molar-refractivity contribution is 7.98. The van der Waals surface area contributed by atoms with E-state index in [0.717, 1.165) is 30.2 Å². The van der Waals surface area contributed by atoms with Gasteiger partial charge in [0.05, 0.1) is 12.8 Å². The number of thioether (sulfide) groups is 1. The van der Waals surface area contributed by atoms with Gasteiger partial charge in [-0.15, -0.1) is 0 Å². The van der Waals surface area contributed by atoms with Crippen LogP contribution in [0.15, 0.2) is 12.1 Å². The van der Waals surface area contributed by atoms with Crippen molar-refractivity contribution in [1.29, 1.82) is 0 Å². The summed E-state index contributed by atoms with van der Waals surface area (Å²) in [6, 6.07) is 3.95. The molecule has 0 atom stereocenters. The lowest BCUT2D eigenvalue weighted by Gasteiger charge is -2.07. The van der Waals surface area contributed by atoms with Gasteiger partial charge in [0.2, 0.25) is 0 Å². The highest BCUT2D eigenvalue weighted by Gasteiger charge is 2.00. The molecule has 0 saturated carbocycles. The summed E-state index contributed by atoms with van der Waals surface area (Å²) in [4.78, 5) is 4.49. The number of rotatable bonds is 10. The lowest BCUT2D eigenvalue weighted by Crippen LogP contribution is -2.15. The SMILES string of the molecule is COc1cc(C)nc(CNCCCCCCSC)c1. The van der Waals surface area contributed by atoms with Crippen LogP contribution in [0.2, 0.25) is 0 Å². The quantitative estimate of drug-likeness (QED) is 0.667. The summed E-state index contributed by atoms with van der Waals surface area (Å²) in [5.74, 6) is 2.18. The van der Waals surface area contributed by atoms with Crippen LogP contribution >= 0.6 is 11.8 Å². The number of aromatic nitrogens is 1. The molecule has 0 spiro atoms. The van der Waals surface area contributed by atoms with Gasteiger partial charge in [0.25, 0.3) is 0 Å². The molecular weight excluding hydrogens is 256 g/mol. The van der Waals surface area contributed by atoms with Crippen molar-refractivity contribution in [3.05, 3.63) is 23.5 Å². The lowest BCUT2D eigenvalue weighted by molar-refractivity contribution is 0.412. The van der Waals surface area contributed by atoms with Crippen LogP contribution in [0.3, 0.4) is 0 Å². The Hall–Kier alpha value is -0.740. The molecule has 0 fully saturated rings. The Morgan fingerprint density at radius 2 is 2.00 bits per heavy atom. The molecule has 19 heavy (non-hydrogen) atoms. The first-order valence-corrected chi connectivity index (χ1v) is 8.37. The van der Waals surface area contributed by atoms with Crippen LogP contribution in [-0.2, 0) is 6.54 Å². The van der Waals surface area contributed by atoms with E-state index in [9.17, 15) is 0 Å². The van der Waals surface area contributed by atoms with Crippen molar-refractivity contribution in [2.75, 3.05) is 25.7 Å². The summed E-state index contributed by atoms with van der Waals surface area (Å²) < 4.78 is 5.25. The van der Waals surface area contributed by atoms with Gasteiger partial charge in [-0.05, 0) is 38.3 Å². The maximum absolute atomic E-state index is 5.25. The summed E-state index contributed by atoms with van der Waals surface area (Å²) in [5.41, 5.74) is 2.06. The second-order valence-corrected chi connectivity index (χ2v) is 5.71. The first-order chi connectivity index (χ1) is 9.26. The van der Waals surface area contributed by atoms with Crippen molar-refractivity contribution < 1.29 is 4.74 Å². The zero-order chi connectivity index (χ0) is 13.9. The van der Waals surface area contributed by atoms with Crippen molar-refractivity contribution >= 4 is 11.8 Å². The molecule has 0 aliphatic heterocycles. The van der Waals surface area contributed by atoms with E-state index in [2.05, 4.69) is 16.6 Å². The van der Waals surface area contributed by atoms with E-state index in [0.29, 0.717) is 0 Å². The average Bonchev–Trinajstić information content (AvgIpc) is 2.41. The number of hydrogen-bond donors (Lipinski definition) is 1. The first kappa shape index (κ1) is 16.3. The van der Waals surface area contributed by atoms with Crippen LogP contribution in [0.25, 0.3) is 0 Å². The van der Waals surface area contributed by atoms with Gasteiger partial charge in [-0.1, -0.05) is 12.8 Å². The number of hydrogen-bond acceptors (Lipinski definition) is 4. The van der Waals surface area contributed by atoms with Crippen molar-refractivity contribution in [3.63, 3.8) is 0 Å². The van der Waals surface area contributed by atoms with Gasteiger partial charge >= 0.3 is 0 Å². The summed E-state index contributed by atoms with van der Waals surface area (Å²) in [5, 5.41) is 3.45. The molecule has 108 valence electrons. The Kier molecular flexibility index (Phi) is 8.67. The molecule has 0 unspecified atom stereocenters. The van der Waals surface area contributed by atoms with E-state index < -0.39 is 0 Å². The highest BCUT2D eigenvalue weighted by atomic mass is 32.2. The highest BCUT2D eigenvalue weighted by Crippen LogP contribution is 2.13. The number of nitrogens with zero attached hydrogens (tertiary/aromatic N) is 1. The summed E-state index contributed by atoms with van der Waals surface area (Å²) in [7, 11) is 1.70. The topological polar surface area (TPSA) is 34.1 Å². The van der Waals surface area contributed by atoms with E-state index in [1.165, 1.54) is 31.4 Å². The zero-order valence-electron chi connectivity index (χ0n) is 12.4. The normalized spacial score (nSPS) is 10.7. The average molecular weight is 282 g/mol. The number of pyridine rings is 1. The fourth-order valence-electron chi connectivity index (χ4n) is 1.98. The maximum Gasteiger partial charge on any atom is 0.122 e. The standard InChI is InChI=1S/C15H26N2OS/c1-13-10-15(18-2)11-14(17-13)12-16-8-6-4-5-7-9-19-3/h10-11,16H,4-9,12H2,1-3H3. The number of aryl methyl sites for hydroxylation is 1. The van der Waals surface area contributed by atoms with E-state index in [1.54, 1.807) is 7.11 Å². The van der Waals surface area contributed by atoms with E-state index >= 15 is 0 Å². The molecular formula is C15H26N2OS. The van der Waals surface area contributed by atoms with Crippen molar-refractivity contribution in [2.24, 2.45) is 0 Å². The van der Waals surface area contributed by atoms with Gasteiger partial charge in [-0.25, -0.2) is 0 Å². The Morgan fingerprint density at radius 1 is 1.21 bits per heavy atom. The Bertz CT molecular complexity index is 358. The largest absolute Gasteiger partial charge is 0.497 e. The molecule has 0 amide bonds. The van der Waals surface area contributed by atoms with Crippen molar-refractivity contribution in [3.8, 4) is 5.75 Å². The molecule has 4 heteroatoms. The third-order valence-electron chi connectivity index (χ3n) is 2.97. The maximum atomic E-state index is 5.25. The Labute approximate surface area is 121 Å². The number of methoxy groups -OCH3 is 1. The monoisotopic (exact) mass is 282 g/mol. The zero-order valence-corrected chi connectivity index (χ0v) is 13.2. The number of unbranched alkanes of at least 4 members (excludes halogenated alkanes) is 3. The minimum Gasteiger partial charge on any atom is -0.497 e. The molecule has 0 saturated heterocycles. The molecule has 1 rings (SSSR count). The molecule has 0 aromatic carbocycles. The van der Waals surface area contributed by atoms with Crippen LogP contribution in [0.5, 0.6) is 5.75 Å². The van der Waals surface area contributed by atoms with Gasteiger partial charge in [0.1, 0.15) is 5.75 Å². The molecule has 0 radical (unpaired) electrons. The number of ether oxygens (including phenoxy) is 1. The van der Waals surface area contributed by atoms with Gasteiger partial charge in [0, 0.05) is 24.4 Å². The van der Waals surface area contributed by atoms with E-state index in [-0.39, 0.29) is 0 Å². The van der Waals surface area contributed by atoms with Crippen LogP contribution in [0.4, 0.5) is 0 Å². The van der Waals surface area contributed by atoms with E-state index in [4.69, 9.17) is 4.74 Å². The lowest BCUT2D eigenvalue weighted by atomic mass is 10.2. The van der Waals surface area contributed by atoms with Crippen LogP contribution in [-0.4, -0.2) is 30.6 Å². The van der Waals surface area contributed by atoms with Gasteiger partial charge in [0.15, 0.2) is 0 Å². The van der Waals surface area contributed by atoms with Crippen molar-refractivity contribution in [2.45, 2.75) is 39.2 Å². The first-order valence-electron chi connectivity index (χ1n) is 6.97. The van der Waals surface area contributed by atoms with Crippen molar-refractivity contribution in [1.82, 2.24) is 10.3 Å². The van der Waals surface area contributed by atoms with Gasteiger partial charge < -0.3 is 10.1 Å². The minimum absolute atomic E-state index is 0.822. The summed E-state index contributed by atoms with van der Waals surface area (Å²) in [6.45, 7) is 3.89. The van der Waals surface area contributed by atoms with Gasteiger partial charge in [-0.2, -0.15) is 11.8 Å². The molecule has 0 aliphatic rings. The van der Waals surface area contributed by atoms with Crippen LogP contribution in [0, 0.1) is 6.92 Å². The Morgan fingerprint density at radius 3 is 2.74 bits per heavy atom.